The summed E-state index contributed by atoms with van der Waals surface area (Å²) in [6, 6.07) is 11.3. The molecule has 2 aromatic carbocycles. The van der Waals surface area contributed by atoms with Gasteiger partial charge in [0, 0.05) is 61.0 Å². The Kier molecular flexibility index (Phi) is 12.3. The zero-order valence-corrected chi connectivity index (χ0v) is 24.5. The largest absolute Gasteiger partial charge is 0.454 e. The van der Waals surface area contributed by atoms with Crippen molar-refractivity contribution in [3.8, 4) is 11.5 Å². The molecule has 208 valence electrons. The van der Waals surface area contributed by atoms with Gasteiger partial charge < -0.3 is 28.9 Å². The van der Waals surface area contributed by atoms with Crippen molar-refractivity contribution in [1.82, 2.24) is 14.1 Å². The van der Waals surface area contributed by atoms with E-state index in [-0.39, 0.29) is 4.90 Å². The molecule has 0 unspecified atom stereocenters. The summed E-state index contributed by atoms with van der Waals surface area (Å²) in [6.07, 6.45) is 0. The Bertz CT molecular complexity index is 1070. The summed E-state index contributed by atoms with van der Waals surface area (Å²) in [5.41, 5.74) is 2.66. The van der Waals surface area contributed by atoms with Crippen LogP contribution in [0.15, 0.2) is 41.3 Å². The second-order valence-corrected chi connectivity index (χ2v) is 11.8. The minimum absolute atomic E-state index is 0.131. The number of likely N-dealkylation sites (N-methyl/N-ethyl adjacent to an activating group) is 2. The fourth-order valence-corrected chi connectivity index (χ4v) is 4.78. The van der Waals surface area contributed by atoms with Crippen molar-refractivity contribution >= 4 is 15.7 Å². The maximum absolute atomic E-state index is 13.6. The van der Waals surface area contributed by atoms with Crippen molar-refractivity contribution < 1.29 is 22.6 Å². The van der Waals surface area contributed by atoms with E-state index in [2.05, 4.69) is 14.7 Å². The molecule has 0 amide bonds. The highest BCUT2D eigenvalue weighted by Gasteiger charge is 2.28. The van der Waals surface area contributed by atoms with Crippen LogP contribution in [0.25, 0.3) is 0 Å². The summed E-state index contributed by atoms with van der Waals surface area (Å²) in [5.74, 6) is 0.862. The van der Waals surface area contributed by atoms with Crippen LogP contribution in [0.2, 0.25) is 0 Å². The van der Waals surface area contributed by atoms with Gasteiger partial charge in [-0.25, -0.2) is 12.7 Å². The van der Waals surface area contributed by atoms with Crippen LogP contribution < -0.4 is 9.64 Å². The highest BCUT2D eigenvalue weighted by atomic mass is 32.2. The molecule has 0 aliphatic heterocycles. The number of rotatable bonds is 16. The van der Waals surface area contributed by atoms with Crippen molar-refractivity contribution in [2.24, 2.45) is 0 Å². The monoisotopic (exact) mass is 536 g/mol. The van der Waals surface area contributed by atoms with Crippen molar-refractivity contribution in [3.63, 3.8) is 0 Å². The quantitative estimate of drug-likeness (QED) is 0.324. The van der Waals surface area contributed by atoms with Gasteiger partial charge in [0.25, 0.3) is 0 Å². The summed E-state index contributed by atoms with van der Waals surface area (Å²) < 4.78 is 45.5. The van der Waals surface area contributed by atoms with Crippen LogP contribution in [0.4, 0.5) is 5.69 Å². The van der Waals surface area contributed by atoms with Gasteiger partial charge in [-0.2, -0.15) is 0 Å². The summed E-state index contributed by atoms with van der Waals surface area (Å²) in [5, 5.41) is 0. The first-order valence-corrected chi connectivity index (χ1v) is 13.8. The average Bonchev–Trinajstić information content (AvgIpc) is 2.84. The standard InChI is InChI=1S/C27H44N4O5S/c1-22-9-11-24(12-10-22)36-27-25(31(15-17-34-7)16-18-35-8)19-23(21-30(6)14-13-28(2)3)20-26(27)37(32,33)29(4)5/h9-12,19-20H,13-18,21H2,1-8H3. The molecule has 0 bridgehead atoms. The van der Waals surface area contributed by atoms with Gasteiger partial charge in [0.05, 0.1) is 18.9 Å². The number of aryl methyl sites for hydroxylation is 1. The first kappa shape index (κ1) is 31.0. The zero-order chi connectivity index (χ0) is 27.6. The van der Waals surface area contributed by atoms with Crippen LogP contribution in [0.1, 0.15) is 11.1 Å². The predicted octanol–water partition coefficient (Wildman–Crippen LogP) is 3.13. The minimum atomic E-state index is -3.82. The molecule has 0 saturated heterocycles. The summed E-state index contributed by atoms with van der Waals surface area (Å²) in [4.78, 5) is 6.50. The fourth-order valence-electron chi connectivity index (χ4n) is 3.70. The lowest BCUT2D eigenvalue weighted by Crippen LogP contribution is -2.32. The molecule has 0 aliphatic rings. The zero-order valence-electron chi connectivity index (χ0n) is 23.7. The van der Waals surface area contributed by atoms with E-state index < -0.39 is 10.0 Å². The molecule has 37 heavy (non-hydrogen) atoms. The number of hydrogen-bond acceptors (Lipinski definition) is 8. The number of benzene rings is 2. The molecule has 0 spiro atoms. The Labute approximate surface area is 223 Å². The van der Waals surface area contributed by atoms with E-state index in [1.165, 1.54) is 18.4 Å². The predicted molar refractivity (Wildman–Crippen MR) is 149 cm³/mol. The highest BCUT2D eigenvalue weighted by Crippen LogP contribution is 2.41. The summed E-state index contributed by atoms with van der Waals surface area (Å²) >= 11 is 0. The van der Waals surface area contributed by atoms with Crippen LogP contribution in [-0.4, -0.2) is 111 Å². The van der Waals surface area contributed by atoms with Crippen LogP contribution in [0.5, 0.6) is 11.5 Å². The van der Waals surface area contributed by atoms with E-state index in [1.807, 2.05) is 58.4 Å². The van der Waals surface area contributed by atoms with E-state index in [0.717, 1.165) is 24.2 Å². The summed E-state index contributed by atoms with van der Waals surface area (Å²) in [6.45, 7) is 6.36. The molecule has 0 aliphatic carbocycles. The van der Waals surface area contributed by atoms with Crippen molar-refractivity contribution in [1.29, 1.82) is 0 Å². The first-order valence-electron chi connectivity index (χ1n) is 12.4. The second kappa shape index (κ2) is 14.7. The highest BCUT2D eigenvalue weighted by molar-refractivity contribution is 7.89. The molecule has 0 atom stereocenters. The molecule has 2 aromatic rings. The Balaban J connectivity index is 2.72. The molecular formula is C27H44N4O5S. The molecule has 0 radical (unpaired) electrons. The van der Waals surface area contributed by atoms with Crippen molar-refractivity contribution in [2.45, 2.75) is 18.4 Å². The molecule has 9 nitrogen and oxygen atoms in total. The number of sulfonamides is 1. The SMILES string of the molecule is COCCN(CCOC)c1cc(CN(C)CCN(C)C)cc(S(=O)(=O)N(C)C)c1Oc1ccc(C)cc1. The topological polar surface area (TPSA) is 74.8 Å². The maximum atomic E-state index is 13.6. The number of nitrogens with zero attached hydrogens (tertiary/aromatic N) is 4. The van der Waals surface area contributed by atoms with Crippen molar-refractivity contribution in [3.05, 3.63) is 47.5 Å². The maximum Gasteiger partial charge on any atom is 0.246 e. The minimum Gasteiger partial charge on any atom is -0.454 e. The van der Waals surface area contributed by atoms with E-state index in [1.54, 1.807) is 20.3 Å². The van der Waals surface area contributed by atoms with E-state index in [4.69, 9.17) is 14.2 Å². The van der Waals surface area contributed by atoms with Gasteiger partial charge in [-0.3, -0.25) is 0 Å². The third-order valence-corrected chi connectivity index (χ3v) is 7.77. The molecule has 0 heterocycles. The second-order valence-electron chi connectivity index (χ2n) is 9.66. The lowest BCUT2D eigenvalue weighted by molar-refractivity contribution is 0.190. The third-order valence-electron chi connectivity index (χ3n) is 5.95. The number of methoxy groups -OCH3 is 2. The summed E-state index contributed by atoms with van der Waals surface area (Å²) in [7, 11) is 8.65. The van der Waals surface area contributed by atoms with Crippen LogP contribution in [0, 0.1) is 6.92 Å². The smallest absolute Gasteiger partial charge is 0.246 e. The fraction of sp³-hybridized carbons (Fsp3) is 0.556. The Morgan fingerprint density at radius 2 is 1.41 bits per heavy atom. The van der Waals surface area contributed by atoms with E-state index in [9.17, 15) is 8.42 Å². The van der Waals surface area contributed by atoms with Crippen molar-refractivity contribution in [2.75, 3.05) is 93.8 Å². The lowest BCUT2D eigenvalue weighted by Gasteiger charge is -2.29. The van der Waals surface area contributed by atoms with E-state index >= 15 is 0 Å². The average molecular weight is 537 g/mol. The molecule has 0 aromatic heterocycles. The van der Waals surface area contributed by atoms with Gasteiger partial charge in [0.15, 0.2) is 5.75 Å². The molecule has 10 heteroatoms. The van der Waals surface area contributed by atoms with Gasteiger partial charge in [0.1, 0.15) is 10.6 Å². The van der Waals surface area contributed by atoms with Gasteiger partial charge >= 0.3 is 0 Å². The van der Waals surface area contributed by atoms with Gasteiger partial charge in [-0.1, -0.05) is 17.7 Å². The molecule has 0 saturated carbocycles. The molecular weight excluding hydrogens is 492 g/mol. The third kappa shape index (κ3) is 9.24. The Hall–Kier alpha value is -2.21. The number of anilines is 1. The molecule has 2 rings (SSSR count). The van der Waals surface area contributed by atoms with Crippen LogP contribution in [0.3, 0.4) is 0 Å². The number of hydrogen-bond donors (Lipinski definition) is 0. The van der Waals surface area contributed by atoms with Crippen LogP contribution in [-0.2, 0) is 26.0 Å². The Morgan fingerprint density at radius 1 is 0.811 bits per heavy atom. The van der Waals surface area contributed by atoms with Gasteiger partial charge in [-0.15, -0.1) is 0 Å². The van der Waals surface area contributed by atoms with Gasteiger partial charge in [0.2, 0.25) is 10.0 Å². The van der Waals surface area contributed by atoms with Crippen LogP contribution >= 0.6 is 0 Å². The number of ether oxygens (including phenoxy) is 3. The molecule has 0 N–H and O–H groups in total. The normalized spacial score (nSPS) is 12.1. The van der Waals surface area contributed by atoms with Gasteiger partial charge in [-0.05, 0) is 57.9 Å². The van der Waals surface area contributed by atoms with E-state index in [0.29, 0.717) is 50.0 Å². The lowest BCUT2D eigenvalue weighted by atomic mass is 10.1. The molecule has 0 fully saturated rings. The Morgan fingerprint density at radius 3 is 1.92 bits per heavy atom. The first-order chi connectivity index (χ1) is 17.5.